The minimum absolute atomic E-state index is 0.551. The quantitative estimate of drug-likeness (QED) is 0.748. The number of fused-ring (bicyclic) bond motifs is 1. The normalized spacial score (nSPS) is 19.2. The maximum absolute atomic E-state index is 5.58. The van der Waals surface area contributed by atoms with Gasteiger partial charge in [-0.2, -0.15) is 0 Å². The summed E-state index contributed by atoms with van der Waals surface area (Å²) in [6.07, 6.45) is 2.20. The van der Waals surface area contributed by atoms with Gasteiger partial charge < -0.3 is 11.1 Å². The summed E-state index contributed by atoms with van der Waals surface area (Å²) >= 11 is 0. The molecule has 2 rings (SSSR count). The van der Waals surface area contributed by atoms with Crippen LogP contribution >= 0.6 is 0 Å². The molecule has 0 aliphatic carbocycles. The zero-order chi connectivity index (χ0) is 10.1. The number of nitrogens with two attached hydrogens (primary N) is 1. The molecule has 1 aromatic rings. The molecular weight excluding hydrogens is 172 g/mol. The molecule has 1 aliphatic heterocycles. The predicted molar refractivity (Wildman–Crippen MR) is 60.7 cm³/mol. The highest BCUT2D eigenvalue weighted by Gasteiger charge is 2.22. The lowest BCUT2D eigenvalue weighted by Crippen LogP contribution is -2.19. The van der Waals surface area contributed by atoms with Crippen LogP contribution in [0.2, 0.25) is 0 Å². The highest BCUT2D eigenvalue weighted by atomic mass is 15.0. The van der Waals surface area contributed by atoms with Gasteiger partial charge in [-0.05, 0) is 49.9 Å². The fourth-order valence-corrected chi connectivity index (χ4v) is 2.21. The molecule has 2 heteroatoms. The molecule has 0 fully saturated rings. The van der Waals surface area contributed by atoms with Crippen LogP contribution in [0.5, 0.6) is 0 Å². The molecule has 1 atom stereocenters. The van der Waals surface area contributed by atoms with Gasteiger partial charge in [-0.15, -0.1) is 0 Å². The minimum Gasteiger partial charge on any atom is -0.381 e. The summed E-state index contributed by atoms with van der Waals surface area (Å²) in [6, 6.07) is 4.95. The highest BCUT2D eigenvalue weighted by molar-refractivity contribution is 5.64. The Balaban J connectivity index is 2.29. The number of benzene rings is 1. The Labute approximate surface area is 85.5 Å². The number of rotatable bonds is 2. The molecule has 1 unspecified atom stereocenters. The molecule has 1 heterocycles. The SMILES string of the molecule is Cc1ccc(C)c2c1CC(CCN)N2. The van der Waals surface area contributed by atoms with Gasteiger partial charge in [0.15, 0.2) is 0 Å². The fourth-order valence-electron chi connectivity index (χ4n) is 2.21. The zero-order valence-corrected chi connectivity index (χ0v) is 8.93. The van der Waals surface area contributed by atoms with Crippen molar-refractivity contribution in [2.45, 2.75) is 32.7 Å². The molecule has 14 heavy (non-hydrogen) atoms. The summed E-state index contributed by atoms with van der Waals surface area (Å²) in [6.45, 7) is 5.12. The van der Waals surface area contributed by atoms with Crippen molar-refractivity contribution in [1.29, 1.82) is 0 Å². The summed E-state index contributed by atoms with van der Waals surface area (Å²) < 4.78 is 0. The van der Waals surface area contributed by atoms with E-state index in [0.717, 1.165) is 19.4 Å². The maximum atomic E-state index is 5.58. The molecule has 3 N–H and O–H groups in total. The van der Waals surface area contributed by atoms with Crippen molar-refractivity contribution in [2.24, 2.45) is 5.73 Å². The highest BCUT2D eigenvalue weighted by Crippen LogP contribution is 2.32. The number of nitrogens with one attached hydrogen (secondary N) is 1. The molecule has 1 aliphatic rings. The molecule has 0 radical (unpaired) electrons. The van der Waals surface area contributed by atoms with Crippen LogP contribution in [0, 0.1) is 13.8 Å². The zero-order valence-electron chi connectivity index (χ0n) is 8.93. The van der Waals surface area contributed by atoms with E-state index in [1.54, 1.807) is 0 Å². The molecular formula is C12H18N2. The molecule has 76 valence electrons. The first-order valence-corrected chi connectivity index (χ1v) is 5.28. The van der Waals surface area contributed by atoms with Gasteiger partial charge in [-0.1, -0.05) is 12.1 Å². The Hall–Kier alpha value is -1.02. The van der Waals surface area contributed by atoms with E-state index in [4.69, 9.17) is 5.73 Å². The summed E-state index contributed by atoms with van der Waals surface area (Å²) in [5, 5.41) is 3.56. The third-order valence-corrected chi connectivity index (χ3v) is 3.07. The van der Waals surface area contributed by atoms with Crippen LogP contribution in [-0.4, -0.2) is 12.6 Å². The standard InChI is InChI=1S/C12H18N2/c1-8-3-4-9(2)12-11(8)7-10(14-12)5-6-13/h3-4,10,14H,5-7,13H2,1-2H3. The van der Waals surface area contributed by atoms with Crippen molar-refractivity contribution in [2.75, 3.05) is 11.9 Å². The fraction of sp³-hybridized carbons (Fsp3) is 0.500. The molecule has 0 bridgehead atoms. The third kappa shape index (κ3) is 1.50. The lowest BCUT2D eigenvalue weighted by molar-refractivity contribution is 0.683. The Morgan fingerprint density at radius 2 is 2.07 bits per heavy atom. The Kier molecular flexibility index (Phi) is 2.46. The van der Waals surface area contributed by atoms with Gasteiger partial charge in [0, 0.05) is 11.7 Å². The van der Waals surface area contributed by atoms with Gasteiger partial charge >= 0.3 is 0 Å². The van der Waals surface area contributed by atoms with Crippen molar-refractivity contribution in [1.82, 2.24) is 0 Å². The lowest BCUT2D eigenvalue weighted by atomic mass is 10.0. The molecule has 0 saturated heterocycles. The van der Waals surface area contributed by atoms with Crippen LogP contribution in [0.1, 0.15) is 23.1 Å². The number of anilines is 1. The second kappa shape index (κ2) is 3.62. The van der Waals surface area contributed by atoms with Crippen molar-refractivity contribution in [3.63, 3.8) is 0 Å². The predicted octanol–water partition coefficient (Wildman–Crippen LogP) is 1.99. The van der Waals surface area contributed by atoms with Crippen molar-refractivity contribution >= 4 is 5.69 Å². The van der Waals surface area contributed by atoms with Crippen LogP contribution in [0.3, 0.4) is 0 Å². The first kappa shape index (κ1) is 9.53. The molecule has 1 aromatic carbocycles. The molecule has 0 saturated carbocycles. The number of hydrogen-bond acceptors (Lipinski definition) is 2. The Morgan fingerprint density at radius 1 is 1.36 bits per heavy atom. The van der Waals surface area contributed by atoms with E-state index in [9.17, 15) is 0 Å². The monoisotopic (exact) mass is 190 g/mol. The summed E-state index contributed by atoms with van der Waals surface area (Å²) in [7, 11) is 0. The van der Waals surface area contributed by atoms with E-state index in [1.165, 1.54) is 22.4 Å². The average molecular weight is 190 g/mol. The van der Waals surface area contributed by atoms with Gasteiger partial charge in [-0.25, -0.2) is 0 Å². The third-order valence-electron chi connectivity index (χ3n) is 3.07. The largest absolute Gasteiger partial charge is 0.381 e. The van der Waals surface area contributed by atoms with E-state index >= 15 is 0 Å². The van der Waals surface area contributed by atoms with E-state index < -0.39 is 0 Å². The second-order valence-corrected chi connectivity index (χ2v) is 4.18. The topological polar surface area (TPSA) is 38.0 Å². The van der Waals surface area contributed by atoms with Gasteiger partial charge in [0.1, 0.15) is 0 Å². The van der Waals surface area contributed by atoms with E-state index in [2.05, 4.69) is 31.3 Å². The Morgan fingerprint density at radius 3 is 2.71 bits per heavy atom. The Bertz CT molecular complexity index is 313. The van der Waals surface area contributed by atoms with E-state index in [1.807, 2.05) is 0 Å². The van der Waals surface area contributed by atoms with Crippen molar-refractivity contribution < 1.29 is 0 Å². The molecule has 0 amide bonds. The van der Waals surface area contributed by atoms with Crippen molar-refractivity contribution in [3.05, 3.63) is 28.8 Å². The molecule has 0 spiro atoms. The number of aryl methyl sites for hydroxylation is 2. The van der Waals surface area contributed by atoms with Crippen LogP contribution in [-0.2, 0) is 6.42 Å². The van der Waals surface area contributed by atoms with Crippen LogP contribution in [0.4, 0.5) is 5.69 Å². The maximum Gasteiger partial charge on any atom is 0.0408 e. The van der Waals surface area contributed by atoms with E-state index in [0.29, 0.717) is 6.04 Å². The van der Waals surface area contributed by atoms with E-state index in [-0.39, 0.29) is 0 Å². The van der Waals surface area contributed by atoms with Crippen molar-refractivity contribution in [3.8, 4) is 0 Å². The van der Waals surface area contributed by atoms with Crippen LogP contribution in [0.15, 0.2) is 12.1 Å². The molecule has 0 aromatic heterocycles. The van der Waals surface area contributed by atoms with Gasteiger partial charge in [-0.3, -0.25) is 0 Å². The van der Waals surface area contributed by atoms with Gasteiger partial charge in [0.2, 0.25) is 0 Å². The second-order valence-electron chi connectivity index (χ2n) is 4.18. The van der Waals surface area contributed by atoms with Crippen LogP contribution < -0.4 is 11.1 Å². The lowest BCUT2D eigenvalue weighted by Gasteiger charge is -2.09. The summed E-state index contributed by atoms with van der Waals surface area (Å²) in [5.41, 5.74) is 11.2. The first-order valence-electron chi connectivity index (χ1n) is 5.28. The molecule has 2 nitrogen and oxygen atoms in total. The minimum atomic E-state index is 0.551. The van der Waals surface area contributed by atoms with Crippen LogP contribution in [0.25, 0.3) is 0 Å². The smallest absolute Gasteiger partial charge is 0.0408 e. The summed E-state index contributed by atoms with van der Waals surface area (Å²) in [5.74, 6) is 0. The van der Waals surface area contributed by atoms with Gasteiger partial charge in [0.05, 0.1) is 0 Å². The first-order chi connectivity index (χ1) is 6.72. The van der Waals surface area contributed by atoms with Gasteiger partial charge in [0.25, 0.3) is 0 Å². The number of hydrogen-bond donors (Lipinski definition) is 2. The average Bonchev–Trinajstić information content (AvgIpc) is 2.57. The summed E-state index contributed by atoms with van der Waals surface area (Å²) in [4.78, 5) is 0.